The largest absolute Gasteiger partial charge is 0.453 e. The van der Waals surface area contributed by atoms with Gasteiger partial charge in [0.1, 0.15) is 0 Å². The van der Waals surface area contributed by atoms with E-state index in [1.54, 1.807) is 12.4 Å². The van der Waals surface area contributed by atoms with Crippen molar-refractivity contribution >= 4 is 17.5 Å². The molecule has 19 heavy (non-hydrogen) atoms. The van der Waals surface area contributed by atoms with Gasteiger partial charge < -0.3 is 10.1 Å². The predicted molar refractivity (Wildman–Crippen MR) is 74.0 cm³/mol. The maximum atomic E-state index is 11.0. The minimum absolute atomic E-state index is 0.475. The molecule has 98 valence electrons. The van der Waals surface area contributed by atoms with Gasteiger partial charge in [-0.2, -0.15) is 0 Å². The van der Waals surface area contributed by atoms with Crippen molar-refractivity contribution in [2.45, 2.75) is 6.54 Å². The van der Waals surface area contributed by atoms with Crippen molar-refractivity contribution < 1.29 is 9.53 Å². The van der Waals surface area contributed by atoms with Crippen molar-refractivity contribution in [2.75, 3.05) is 17.7 Å². The van der Waals surface area contributed by atoms with Crippen LogP contribution in [0.5, 0.6) is 0 Å². The van der Waals surface area contributed by atoms with Crippen LogP contribution in [0.25, 0.3) is 0 Å². The first-order valence-corrected chi connectivity index (χ1v) is 5.86. The molecule has 0 aliphatic rings. The van der Waals surface area contributed by atoms with Crippen LogP contribution in [-0.4, -0.2) is 18.2 Å². The molecule has 5 heteroatoms. The summed E-state index contributed by atoms with van der Waals surface area (Å²) in [6.45, 7) is 0.728. The number of amides is 1. The number of rotatable bonds is 4. The number of carbonyl (C=O) groups is 1. The van der Waals surface area contributed by atoms with Gasteiger partial charge in [-0.25, -0.2) is 4.79 Å². The van der Waals surface area contributed by atoms with Gasteiger partial charge >= 0.3 is 6.09 Å². The number of hydrogen-bond donors (Lipinski definition) is 2. The van der Waals surface area contributed by atoms with E-state index in [9.17, 15) is 4.79 Å². The van der Waals surface area contributed by atoms with Crippen LogP contribution in [0.2, 0.25) is 0 Å². The predicted octanol–water partition coefficient (Wildman–Crippen LogP) is 2.87. The zero-order valence-electron chi connectivity index (χ0n) is 10.6. The summed E-state index contributed by atoms with van der Waals surface area (Å²) in [5.41, 5.74) is 2.83. The molecule has 2 rings (SSSR count). The molecule has 0 saturated heterocycles. The van der Waals surface area contributed by atoms with Gasteiger partial charge in [0.15, 0.2) is 0 Å². The third-order valence-corrected chi connectivity index (χ3v) is 2.56. The molecule has 5 nitrogen and oxygen atoms in total. The van der Waals surface area contributed by atoms with Crippen molar-refractivity contribution in [1.29, 1.82) is 0 Å². The van der Waals surface area contributed by atoms with E-state index in [0.717, 1.165) is 17.8 Å². The number of aromatic nitrogens is 1. The highest BCUT2D eigenvalue weighted by Crippen LogP contribution is 2.14. The number of benzene rings is 1. The molecule has 0 unspecified atom stereocenters. The second kappa shape index (κ2) is 6.39. The maximum absolute atomic E-state index is 11.0. The third kappa shape index (κ3) is 3.99. The maximum Gasteiger partial charge on any atom is 0.411 e. The first kappa shape index (κ1) is 12.9. The van der Waals surface area contributed by atoms with Gasteiger partial charge in [0, 0.05) is 30.3 Å². The van der Waals surface area contributed by atoms with Crippen LogP contribution in [0.3, 0.4) is 0 Å². The molecule has 0 saturated carbocycles. The first-order chi connectivity index (χ1) is 9.28. The van der Waals surface area contributed by atoms with Gasteiger partial charge in [-0.15, -0.1) is 0 Å². The molecule has 1 aromatic carbocycles. The molecular weight excluding hydrogens is 242 g/mol. The van der Waals surface area contributed by atoms with E-state index in [0.29, 0.717) is 5.69 Å². The Hall–Kier alpha value is -2.56. The Labute approximate surface area is 111 Å². The van der Waals surface area contributed by atoms with Gasteiger partial charge in [-0.3, -0.25) is 10.3 Å². The molecule has 2 aromatic rings. The summed E-state index contributed by atoms with van der Waals surface area (Å²) in [4.78, 5) is 15.0. The van der Waals surface area contributed by atoms with Crippen LogP contribution < -0.4 is 10.6 Å². The highest BCUT2D eigenvalue weighted by atomic mass is 16.5. The number of hydrogen-bond acceptors (Lipinski definition) is 4. The highest BCUT2D eigenvalue weighted by Gasteiger charge is 2.00. The Kier molecular flexibility index (Phi) is 4.34. The normalized spacial score (nSPS) is 9.74. The fraction of sp³-hybridized carbons (Fsp3) is 0.143. The summed E-state index contributed by atoms with van der Waals surface area (Å²) in [5, 5.41) is 5.88. The Morgan fingerprint density at radius 2 is 1.74 bits per heavy atom. The SMILES string of the molecule is COC(=O)Nc1ccc(NCc2ccncc2)cc1. The topological polar surface area (TPSA) is 63.2 Å². The van der Waals surface area contributed by atoms with E-state index in [2.05, 4.69) is 20.4 Å². The Morgan fingerprint density at radius 3 is 2.37 bits per heavy atom. The minimum atomic E-state index is -0.475. The summed E-state index contributed by atoms with van der Waals surface area (Å²) in [6, 6.07) is 11.3. The quantitative estimate of drug-likeness (QED) is 0.884. The van der Waals surface area contributed by atoms with Gasteiger partial charge in [0.05, 0.1) is 7.11 Å². The number of ether oxygens (including phenoxy) is 1. The molecule has 0 fully saturated rings. The van der Waals surface area contributed by atoms with E-state index < -0.39 is 6.09 Å². The second-order valence-corrected chi connectivity index (χ2v) is 3.90. The minimum Gasteiger partial charge on any atom is -0.453 e. The molecule has 0 bridgehead atoms. The van der Waals surface area contributed by atoms with Crippen LogP contribution in [0.1, 0.15) is 5.56 Å². The Morgan fingerprint density at radius 1 is 1.11 bits per heavy atom. The van der Waals surface area contributed by atoms with Gasteiger partial charge in [-0.1, -0.05) is 0 Å². The number of carbonyl (C=O) groups excluding carboxylic acids is 1. The lowest BCUT2D eigenvalue weighted by atomic mass is 10.2. The van der Waals surface area contributed by atoms with E-state index in [1.165, 1.54) is 7.11 Å². The summed E-state index contributed by atoms with van der Waals surface area (Å²) in [7, 11) is 1.33. The molecule has 1 aromatic heterocycles. The molecular formula is C14H15N3O2. The number of pyridine rings is 1. The van der Waals surface area contributed by atoms with Crippen molar-refractivity contribution in [2.24, 2.45) is 0 Å². The summed E-state index contributed by atoms with van der Waals surface area (Å²) >= 11 is 0. The number of nitrogens with zero attached hydrogens (tertiary/aromatic N) is 1. The summed E-state index contributed by atoms with van der Waals surface area (Å²) < 4.78 is 4.52. The molecule has 2 N–H and O–H groups in total. The average molecular weight is 257 g/mol. The molecule has 1 heterocycles. The zero-order chi connectivity index (χ0) is 13.5. The van der Waals surface area contributed by atoms with Crippen LogP contribution in [0.4, 0.5) is 16.2 Å². The highest BCUT2D eigenvalue weighted by molar-refractivity contribution is 5.84. The Bertz CT molecular complexity index is 526. The molecule has 0 aliphatic carbocycles. The third-order valence-electron chi connectivity index (χ3n) is 2.56. The number of methoxy groups -OCH3 is 1. The van der Waals surface area contributed by atoms with Gasteiger partial charge in [0.25, 0.3) is 0 Å². The lowest BCUT2D eigenvalue weighted by molar-refractivity contribution is 0.187. The lowest BCUT2D eigenvalue weighted by Gasteiger charge is -2.08. The van der Waals surface area contributed by atoms with Crippen molar-refractivity contribution in [1.82, 2.24) is 4.98 Å². The summed E-state index contributed by atoms with van der Waals surface area (Å²) in [6.07, 6.45) is 3.05. The first-order valence-electron chi connectivity index (χ1n) is 5.86. The fourth-order valence-electron chi connectivity index (χ4n) is 1.55. The molecule has 0 radical (unpaired) electrons. The number of anilines is 2. The smallest absolute Gasteiger partial charge is 0.411 e. The van der Waals surface area contributed by atoms with E-state index in [4.69, 9.17) is 0 Å². The standard InChI is InChI=1S/C14H15N3O2/c1-19-14(18)17-13-4-2-12(3-5-13)16-10-11-6-8-15-9-7-11/h2-9,16H,10H2,1H3,(H,17,18). The Balaban J connectivity index is 1.90. The van der Waals surface area contributed by atoms with E-state index >= 15 is 0 Å². The number of nitrogens with one attached hydrogen (secondary N) is 2. The molecule has 0 aliphatic heterocycles. The van der Waals surface area contributed by atoms with Crippen molar-refractivity contribution in [3.05, 3.63) is 54.4 Å². The molecule has 0 atom stereocenters. The van der Waals surface area contributed by atoms with E-state index in [-0.39, 0.29) is 0 Å². The second-order valence-electron chi connectivity index (χ2n) is 3.90. The van der Waals surface area contributed by atoms with Gasteiger partial charge in [-0.05, 0) is 42.0 Å². The monoisotopic (exact) mass is 257 g/mol. The fourth-order valence-corrected chi connectivity index (χ4v) is 1.55. The van der Waals surface area contributed by atoms with Crippen molar-refractivity contribution in [3.8, 4) is 0 Å². The summed E-state index contributed by atoms with van der Waals surface area (Å²) in [5.74, 6) is 0. The van der Waals surface area contributed by atoms with Crippen LogP contribution in [-0.2, 0) is 11.3 Å². The average Bonchev–Trinajstić information content (AvgIpc) is 2.47. The van der Waals surface area contributed by atoms with Crippen LogP contribution >= 0.6 is 0 Å². The van der Waals surface area contributed by atoms with Crippen LogP contribution in [0, 0.1) is 0 Å². The van der Waals surface area contributed by atoms with E-state index in [1.807, 2.05) is 36.4 Å². The lowest BCUT2D eigenvalue weighted by Crippen LogP contribution is -2.10. The van der Waals surface area contributed by atoms with Gasteiger partial charge in [0.2, 0.25) is 0 Å². The van der Waals surface area contributed by atoms with Crippen molar-refractivity contribution in [3.63, 3.8) is 0 Å². The van der Waals surface area contributed by atoms with Crippen LogP contribution in [0.15, 0.2) is 48.8 Å². The molecule has 1 amide bonds. The zero-order valence-corrected chi connectivity index (χ0v) is 10.6. The molecule has 0 spiro atoms.